The molecule has 0 bridgehead atoms. The lowest BCUT2D eigenvalue weighted by atomic mass is 10.0. The lowest BCUT2D eigenvalue weighted by molar-refractivity contribution is 0.413. The first-order valence-electron chi connectivity index (χ1n) is 5.81. The minimum Gasteiger partial charge on any atom is -0.496 e. The van der Waals surface area contributed by atoms with Crippen molar-refractivity contribution in [3.63, 3.8) is 0 Å². The molecule has 0 amide bonds. The van der Waals surface area contributed by atoms with Gasteiger partial charge in [-0.25, -0.2) is 0 Å². The minimum absolute atomic E-state index is 0.340. The molecular formula is C15H12ClN3O. The molecule has 1 aromatic heterocycles. The number of ether oxygens (including phenoxy) is 1. The molecule has 1 aromatic carbocycles. The fourth-order valence-electron chi connectivity index (χ4n) is 1.82. The standard InChI is InChI=1S/C15H12ClN3O/c1-20-14-8-11(16)2-3-12(14)15(18)13(9-17)10-4-6-19-7-5-10/h2-8H,18H2,1H3/b15-13+. The molecule has 0 aliphatic carbocycles. The third-order valence-electron chi connectivity index (χ3n) is 2.80. The van der Waals surface area contributed by atoms with Crippen LogP contribution < -0.4 is 10.5 Å². The maximum atomic E-state index is 9.35. The molecule has 2 rings (SSSR count). The van der Waals surface area contributed by atoms with Gasteiger partial charge in [0.05, 0.1) is 18.4 Å². The zero-order chi connectivity index (χ0) is 14.5. The third kappa shape index (κ3) is 2.73. The summed E-state index contributed by atoms with van der Waals surface area (Å²) in [7, 11) is 1.53. The van der Waals surface area contributed by atoms with E-state index in [-0.39, 0.29) is 0 Å². The average molecular weight is 286 g/mol. The highest BCUT2D eigenvalue weighted by Crippen LogP contribution is 2.30. The molecular weight excluding hydrogens is 274 g/mol. The maximum absolute atomic E-state index is 9.35. The van der Waals surface area contributed by atoms with E-state index in [1.54, 1.807) is 42.7 Å². The van der Waals surface area contributed by atoms with E-state index >= 15 is 0 Å². The number of aromatic nitrogens is 1. The van der Waals surface area contributed by atoms with Crippen molar-refractivity contribution in [2.45, 2.75) is 0 Å². The molecule has 0 spiro atoms. The van der Waals surface area contributed by atoms with Crippen LogP contribution in [-0.4, -0.2) is 12.1 Å². The number of rotatable bonds is 3. The monoisotopic (exact) mass is 285 g/mol. The topological polar surface area (TPSA) is 71.9 Å². The predicted octanol–water partition coefficient (Wildman–Crippen LogP) is 3.09. The molecule has 0 saturated heterocycles. The number of benzene rings is 1. The van der Waals surface area contributed by atoms with Crippen LogP contribution in [0.2, 0.25) is 5.02 Å². The Morgan fingerprint density at radius 3 is 2.60 bits per heavy atom. The lowest BCUT2D eigenvalue weighted by Gasteiger charge is -2.11. The van der Waals surface area contributed by atoms with E-state index in [4.69, 9.17) is 22.1 Å². The number of allylic oxidation sites excluding steroid dienone is 1. The summed E-state index contributed by atoms with van der Waals surface area (Å²) >= 11 is 5.92. The largest absolute Gasteiger partial charge is 0.496 e. The normalized spacial score (nSPS) is 11.4. The van der Waals surface area contributed by atoms with Crippen LogP contribution in [-0.2, 0) is 0 Å². The molecule has 5 heteroatoms. The number of hydrogen-bond acceptors (Lipinski definition) is 4. The second kappa shape index (κ2) is 6.09. The van der Waals surface area contributed by atoms with E-state index in [0.29, 0.717) is 33.2 Å². The molecule has 1 heterocycles. The van der Waals surface area contributed by atoms with Crippen LogP contribution in [0.25, 0.3) is 11.3 Å². The van der Waals surface area contributed by atoms with Gasteiger partial charge in [0, 0.05) is 23.0 Å². The van der Waals surface area contributed by atoms with Gasteiger partial charge in [0.2, 0.25) is 0 Å². The van der Waals surface area contributed by atoms with Gasteiger partial charge in [0.15, 0.2) is 0 Å². The zero-order valence-electron chi connectivity index (χ0n) is 10.8. The van der Waals surface area contributed by atoms with Gasteiger partial charge in [-0.05, 0) is 35.9 Å². The number of pyridine rings is 1. The average Bonchev–Trinajstić information content (AvgIpc) is 2.48. The Balaban J connectivity index is 2.61. The van der Waals surface area contributed by atoms with E-state index in [2.05, 4.69) is 11.1 Å². The van der Waals surface area contributed by atoms with Gasteiger partial charge in [0.1, 0.15) is 11.8 Å². The van der Waals surface area contributed by atoms with Gasteiger partial charge in [0.25, 0.3) is 0 Å². The molecule has 0 radical (unpaired) electrons. The zero-order valence-corrected chi connectivity index (χ0v) is 11.6. The fraction of sp³-hybridized carbons (Fsp3) is 0.0667. The Morgan fingerprint density at radius 1 is 1.30 bits per heavy atom. The molecule has 20 heavy (non-hydrogen) atoms. The van der Waals surface area contributed by atoms with Gasteiger partial charge in [-0.3, -0.25) is 4.98 Å². The van der Waals surface area contributed by atoms with Crippen LogP contribution >= 0.6 is 11.6 Å². The Bertz CT molecular complexity index is 690. The second-order valence-corrected chi connectivity index (χ2v) is 4.42. The van der Waals surface area contributed by atoms with Crippen LogP contribution in [0.3, 0.4) is 0 Å². The van der Waals surface area contributed by atoms with Crippen molar-refractivity contribution in [3.05, 3.63) is 58.9 Å². The van der Waals surface area contributed by atoms with Crippen LogP contribution in [0.1, 0.15) is 11.1 Å². The summed E-state index contributed by atoms with van der Waals surface area (Å²) in [5, 5.41) is 9.90. The number of nitriles is 1. The van der Waals surface area contributed by atoms with Crippen molar-refractivity contribution < 1.29 is 4.74 Å². The Kier molecular flexibility index (Phi) is 4.24. The first kappa shape index (κ1) is 13.9. The van der Waals surface area contributed by atoms with Gasteiger partial charge in [-0.15, -0.1) is 0 Å². The van der Waals surface area contributed by atoms with E-state index in [1.807, 2.05) is 0 Å². The summed E-state index contributed by atoms with van der Waals surface area (Å²) in [5.74, 6) is 0.525. The third-order valence-corrected chi connectivity index (χ3v) is 3.04. The van der Waals surface area contributed by atoms with Crippen molar-refractivity contribution in [1.82, 2.24) is 4.98 Å². The van der Waals surface area contributed by atoms with Crippen LogP contribution in [0.15, 0.2) is 42.7 Å². The molecule has 100 valence electrons. The lowest BCUT2D eigenvalue weighted by Crippen LogP contribution is -2.03. The van der Waals surface area contributed by atoms with Crippen molar-refractivity contribution in [3.8, 4) is 11.8 Å². The Morgan fingerprint density at radius 2 is 2.00 bits per heavy atom. The minimum atomic E-state index is 0.340. The maximum Gasteiger partial charge on any atom is 0.129 e. The molecule has 0 fully saturated rings. The van der Waals surface area contributed by atoms with Gasteiger partial charge in [-0.2, -0.15) is 5.26 Å². The van der Waals surface area contributed by atoms with Crippen molar-refractivity contribution in [2.75, 3.05) is 7.11 Å². The molecule has 0 aliphatic heterocycles. The molecule has 0 saturated carbocycles. The smallest absolute Gasteiger partial charge is 0.129 e. The Labute approximate surface area is 122 Å². The molecule has 0 aliphatic rings. The number of hydrogen-bond donors (Lipinski definition) is 1. The van der Waals surface area contributed by atoms with Crippen LogP contribution in [0, 0.1) is 11.3 Å². The molecule has 2 N–H and O–H groups in total. The molecule has 2 aromatic rings. The molecule has 0 atom stereocenters. The number of methoxy groups -OCH3 is 1. The van der Waals surface area contributed by atoms with Gasteiger partial charge in [-0.1, -0.05) is 11.6 Å². The van der Waals surface area contributed by atoms with E-state index in [0.717, 1.165) is 0 Å². The fourth-order valence-corrected chi connectivity index (χ4v) is 1.98. The summed E-state index contributed by atoms with van der Waals surface area (Å²) in [5.41, 5.74) is 8.17. The van der Waals surface area contributed by atoms with E-state index in [1.165, 1.54) is 7.11 Å². The summed E-state index contributed by atoms with van der Waals surface area (Å²) in [6, 6.07) is 10.7. The van der Waals surface area contributed by atoms with Crippen molar-refractivity contribution in [2.24, 2.45) is 5.73 Å². The van der Waals surface area contributed by atoms with Crippen LogP contribution in [0.5, 0.6) is 5.75 Å². The second-order valence-electron chi connectivity index (χ2n) is 3.98. The first-order chi connectivity index (χ1) is 9.67. The Hall–Kier alpha value is -2.51. The van der Waals surface area contributed by atoms with E-state index < -0.39 is 0 Å². The number of nitrogens with two attached hydrogens (primary N) is 1. The van der Waals surface area contributed by atoms with E-state index in [9.17, 15) is 5.26 Å². The quantitative estimate of drug-likeness (QED) is 0.880. The molecule has 0 unspecified atom stereocenters. The predicted molar refractivity (Wildman–Crippen MR) is 78.9 cm³/mol. The first-order valence-corrected chi connectivity index (χ1v) is 6.19. The highest BCUT2D eigenvalue weighted by atomic mass is 35.5. The summed E-state index contributed by atoms with van der Waals surface area (Å²) < 4.78 is 5.26. The summed E-state index contributed by atoms with van der Waals surface area (Å²) in [6.07, 6.45) is 3.22. The summed E-state index contributed by atoms with van der Waals surface area (Å²) in [6.45, 7) is 0. The highest BCUT2D eigenvalue weighted by Gasteiger charge is 2.13. The number of nitrogens with zero attached hydrogens (tertiary/aromatic N) is 2. The van der Waals surface area contributed by atoms with Crippen molar-refractivity contribution in [1.29, 1.82) is 5.26 Å². The summed E-state index contributed by atoms with van der Waals surface area (Å²) in [4.78, 5) is 3.92. The SMILES string of the molecule is COc1cc(Cl)ccc1/C(N)=C(/C#N)c1ccncc1. The van der Waals surface area contributed by atoms with Gasteiger partial charge >= 0.3 is 0 Å². The highest BCUT2D eigenvalue weighted by molar-refractivity contribution is 6.30. The van der Waals surface area contributed by atoms with Crippen LogP contribution in [0.4, 0.5) is 0 Å². The molecule has 4 nitrogen and oxygen atoms in total. The van der Waals surface area contributed by atoms with Gasteiger partial charge < -0.3 is 10.5 Å². The van der Waals surface area contributed by atoms with Crippen molar-refractivity contribution >= 4 is 22.9 Å². The number of halogens is 1.